The summed E-state index contributed by atoms with van der Waals surface area (Å²) in [6.45, 7) is 1.96. The number of anilines is 1. The summed E-state index contributed by atoms with van der Waals surface area (Å²) >= 11 is 0. The molecule has 0 saturated carbocycles. The van der Waals surface area contributed by atoms with Crippen molar-refractivity contribution in [3.63, 3.8) is 0 Å². The van der Waals surface area contributed by atoms with Gasteiger partial charge in [0.15, 0.2) is 5.65 Å². The van der Waals surface area contributed by atoms with E-state index in [1.807, 2.05) is 0 Å². The highest BCUT2D eigenvalue weighted by atomic mass is 19.1. The van der Waals surface area contributed by atoms with Gasteiger partial charge < -0.3 is 4.74 Å². The topological polar surface area (TPSA) is 76.8 Å². The number of benzene rings is 1. The van der Waals surface area contributed by atoms with Crippen LogP contribution in [0.25, 0.3) is 5.65 Å². The quantitative estimate of drug-likeness (QED) is 0.662. The Balaban J connectivity index is 1.76. The van der Waals surface area contributed by atoms with Crippen LogP contribution >= 0.6 is 0 Å². The molecule has 1 atom stereocenters. The number of rotatable bonds is 4. The molecule has 0 spiro atoms. The average molecular weight is 368 g/mol. The molecule has 1 unspecified atom stereocenters. The molecular weight excluding hydrogens is 351 g/mol. The largest absolute Gasteiger partial charge is 0.462 e. The summed E-state index contributed by atoms with van der Waals surface area (Å²) in [6, 6.07) is 7.56. The Kier molecular flexibility index (Phi) is 4.31. The van der Waals surface area contributed by atoms with Gasteiger partial charge in [-0.25, -0.2) is 18.7 Å². The normalized spacial score (nSPS) is 16.9. The molecule has 27 heavy (non-hydrogen) atoms. The molecule has 1 fully saturated rings. The number of carbonyl (C=O) groups is 2. The molecule has 2 aromatic heterocycles. The number of nitrogens with zero attached hydrogens (tertiary/aromatic N) is 4. The van der Waals surface area contributed by atoms with Gasteiger partial charge >= 0.3 is 5.97 Å². The minimum absolute atomic E-state index is 0.0988. The van der Waals surface area contributed by atoms with Crippen LogP contribution in [0, 0.1) is 5.82 Å². The third-order valence-electron chi connectivity index (χ3n) is 4.54. The van der Waals surface area contributed by atoms with Crippen LogP contribution in [0.3, 0.4) is 0 Å². The van der Waals surface area contributed by atoms with Crippen molar-refractivity contribution < 1.29 is 18.7 Å². The van der Waals surface area contributed by atoms with E-state index >= 15 is 0 Å². The van der Waals surface area contributed by atoms with Gasteiger partial charge in [0, 0.05) is 12.6 Å². The third-order valence-corrected chi connectivity index (χ3v) is 4.54. The van der Waals surface area contributed by atoms with E-state index in [2.05, 4.69) is 10.1 Å². The number of hydrogen-bond donors (Lipinski definition) is 0. The minimum Gasteiger partial charge on any atom is -0.462 e. The molecule has 1 amide bonds. The number of halogens is 1. The van der Waals surface area contributed by atoms with E-state index in [-0.39, 0.29) is 29.9 Å². The van der Waals surface area contributed by atoms with E-state index in [9.17, 15) is 14.0 Å². The Morgan fingerprint density at radius 3 is 3.00 bits per heavy atom. The second-order valence-corrected chi connectivity index (χ2v) is 6.21. The maximum Gasteiger partial charge on any atom is 0.343 e. The van der Waals surface area contributed by atoms with Gasteiger partial charge in [-0.15, -0.1) is 0 Å². The fourth-order valence-corrected chi connectivity index (χ4v) is 3.35. The van der Waals surface area contributed by atoms with Crippen molar-refractivity contribution in [2.45, 2.75) is 25.8 Å². The molecular formula is C19H17FN4O3. The number of esters is 1. The highest BCUT2D eigenvalue weighted by Gasteiger charge is 2.34. The Morgan fingerprint density at radius 1 is 1.37 bits per heavy atom. The van der Waals surface area contributed by atoms with Crippen LogP contribution in [-0.4, -0.2) is 33.1 Å². The van der Waals surface area contributed by atoms with Crippen molar-refractivity contribution in [3.8, 4) is 0 Å². The van der Waals surface area contributed by atoms with Crippen molar-refractivity contribution in [1.82, 2.24) is 14.6 Å². The van der Waals surface area contributed by atoms with Crippen molar-refractivity contribution in [2.24, 2.45) is 0 Å². The summed E-state index contributed by atoms with van der Waals surface area (Å²) in [5, 5.41) is 4.10. The van der Waals surface area contributed by atoms with Gasteiger partial charge in [-0.3, -0.25) is 9.69 Å². The lowest BCUT2D eigenvalue weighted by Gasteiger charge is -2.24. The Labute approximate surface area is 154 Å². The van der Waals surface area contributed by atoms with Crippen molar-refractivity contribution >= 4 is 23.3 Å². The molecule has 0 bridgehead atoms. The standard InChI is InChI=1S/C19H17FN4O3/c1-2-27-19(26)14-11-21-23-9-8-16(22-18(14)23)24-15(6-7-17(24)25)12-4-3-5-13(20)10-12/h3-5,8-11,15H,2,6-7H2,1H3. The number of ether oxygens (including phenoxy) is 1. The zero-order valence-electron chi connectivity index (χ0n) is 14.6. The fraction of sp³-hybridized carbons (Fsp3) is 0.263. The van der Waals surface area contributed by atoms with Gasteiger partial charge in [-0.05, 0) is 37.1 Å². The van der Waals surface area contributed by atoms with Crippen LogP contribution in [0.1, 0.15) is 41.7 Å². The first-order chi connectivity index (χ1) is 13.1. The molecule has 1 aliphatic heterocycles. The Hall–Kier alpha value is -3.29. The lowest BCUT2D eigenvalue weighted by molar-refractivity contribution is -0.117. The van der Waals surface area contributed by atoms with Gasteiger partial charge in [0.25, 0.3) is 0 Å². The van der Waals surface area contributed by atoms with Crippen molar-refractivity contribution in [3.05, 3.63) is 59.7 Å². The maximum absolute atomic E-state index is 13.6. The summed E-state index contributed by atoms with van der Waals surface area (Å²) in [6.07, 6.45) is 3.94. The summed E-state index contributed by atoms with van der Waals surface area (Å²) < 4.78 is 20.1. The summed E-state index contributed by atoms with van der Waals surface area (Å²) in [4.78, 5) is 30.7. The average Bonchev–Trinajstić information content (AvgIpc) is 3.25. The van der Waals surface area contributed by atoms with Gasteiger partial charge in [0.05, 0.1) is 18.8 Å². The molecule has 3 heterocycles. The number of amides is 1. The molecule has 0 N–H and O–H groups in total. The summed E-state index contributed by atoms with van der Waals surface area (Å²) in [7, 11) is 0. The van der Waals surface area contributed by atoms with Gasteiger partial charge in [-0.1, -0.05) is 12.1 Å². The second-order valence-electron chi connectivity index (χ2n) is 6.21. The maximum atomic E-state index is 13.6. The Morgan fingerprint density at radius 2 is 2.22 bits per heavy atom. The minimum atomic E-state index is -0.522. The van der Waals surface area contributed by atoms with Gasteiger partial charge in [0.2, 0.25) is 5.91 Å². The smallest absolute Gasteiger partial charge is 0.343 e. The van der Waals surface area contributed by atoms with Crippen molar-refractivity contribution in [2.75, 3.05) is 11.5 Å². The fourth-order valence-electron chi connectivity index (χ4n) is 3.35. The lowest BCUT2D eigenvalue weighted by atomic mass is 10.0. The zero-order chi connectivity index (χ0) is 19.0. The second kappa shape index (κ2) is 6.79. The summed E-state index contributed by atoms with van der Waals surface area (Å²) in [5.41, 5.74) is 1.25. The molecule has 0 aliphatic carbocycles. The molecule has 8 heteroatoms. The monoisotopic (exact) mass is 368 g/mol. The van der Waals surface area contributed by atoms with E-state index in [1.165, 1.54) is 22.8 Å². The highest BCUT2D eigenvalue weighted by Crippen LogP contribution is 2.36. The molecule has 4 rings (SSSR count). The zero-order valence-corrected chi connectivity index (χ0v) is 14.6. The molecule has 3 aromatic rings. The molecule has 138 valence electrons. The SMILES string of the molecule is CCOC(=O)c1cnn2ccc(N3C(=O)CCC3c3cccc(F)c3)nc12. The number of hydrogen-bond acceptors (Lipinski definition) is 5. The Bertz CT molecular complexity index is 1030. The first-order valence-electron chi connectivity index (χ1n) is 8.67. The highest BCUT2D eigenvalue weighted by molar-refractivity contribution is 5.98. The molecule has 1 aliphatic rings. The molecule has 0 radical (unpaired) electrons. The van der Waals surface area contributed by atoms with E-state index in [0.717, 1.165) is 0 Å². The van der Waals surface area contributed by atoms with Crippen LogP contribution < -0.4 is 4.90 Å². The molecule has 1 aromatic carbocycles. The van der Waals surface area contributed by atoms with Crippen LogP contribution in [0.5, 0.6) is 0 Å². The van der Waals surface area contributed by atoms with Crippen LogP contribution in [-0.2, 0) is 9.53 Å². The predicted molar refractivity (Wildman–Crippen MR) is 94.8 cm³/mol. The van der Waals surface area contributed by atoms with Crippen molar-refractivity contribution in [1.29, 1.82) is 0 Å². The van der Waals surface area contributed by atoms with E-state index in [4.69, 9.17) is 4.74 Å². The van der Waals surface area contributed by atoms with E-state index < -0.39 is 5.97 Å². The van der Waals surface area contributed by atoms with E-state index in [1.54, 1.807) is 36.2 Å². The van der Waals surface area contributed by atoms with Gasteiger partial charge in [0.1, 0.15) is 17.2 Å². The third kappa shape index (κ3) is 3.03. The van der Waals surface area contributed by atoms with Gasteiger partial charge in [-0.2, -0.15) is 5.10 Å². The molecule has 1 saturated heterocycles. The lowest BCUT2D eigenvalue weighted by Crippen LogP contribution is -2.28. The van der Waals surface area contributed by atoms with E-state index in [0.29, 0.717) is 29.9 Å². The molecule has 7 nitrogen and oxygen atoms in total. The van der Waals surface area contributed by atoms with Crippen LogP contribution in [0.15, 0.2) is 42.7 Å². The first-order valence-corrected chi connectivity index (χ1v) is 8.67. The van der Waals surface area contributed by atoms with Crippen LogP contribution in [0.4, 0.5) is 10.2 Å². The number of aromatic nitrogens is 3. The summed E-state index contributed by atoms with van der Waals surface area (Å²) in [5.74, 6) is -0.578. The number of carbonyl (C=O) groups excluding carboxylic acids is 2. The predicted octanol–water partition coefficient (Wildman–Crippen LogP) is 2.91. The van der Waals surface area contributed by atoms with Crippen LogP contribution in [0.2, 0.25) is 0 Å². The first kappa shape index (κ1) is 17.1. The number of fused-ring (bicyclic) bond motifs is 1.